The van der Waals surface area contributed by atoms with E-state index in [-0.39, 0.29) is 11.9 Å². The highest BCUT2D eigenvalue weighted by atomic mass is 16.5. The van der Waals surface area contributed by atoms with Crippen molar-refractivity contribution >= 4 is 5.78 Å². The minimum Gasteiger partial charge on any atom is -0.378 e. The standard InChI is InChI=1S/C17H21NO2/c1-12-5-6-14(10-13(12)2)16(11-18)17(19)8-7-15-4-3-9-20-15/h5-6,10,15-16H,3-4,7-9H2,1-2H3. The molecule has 2 rings (SSSR count). The van der Waals surface area contributed by atoms with Gasteiger partial charge >= 0.3 is 0 Å². The molecule has 106 valence electrons. The number of benzene rings is 1. The van der Waals surface area contributed by atoms with Crippen LogP contribution in [0.25, 0.3) is 0 Å². The summed E-state index contributed by atoms with van der Waals surface area (Å²) in [6.07, 6.45) is 3.49. The molecule has 0 radical (unpaired) electrons. The van der Waals surface area contributed by atoms with Gasteiger partial charge in [-0.05, 0) is 49.8 Å². The molecule has 0 spiro atoms. The van der Waals surface area contributed by atoms with Crippen molar-refractivity contribution in [1.82, 2.24) is 0 Å². The lowest BCUT2D eigenvalue weighted by molar-refractivity contribution is -0.120. The van der Waals surface area contributed by atoms with Crippen LogP contribution in [0.4, 0.5) is 0 Å². The molecule has 2 atom stereocenters. The minimum atomic E-state index is -0.643. The molecule has 0 amide bonds. The molecule has 0 aromatic heterocycles. The summed E-state index contributed by atoms with van der Waals surface area (Å²) in [5.74, 6) is -0.637. The van der Waals surface area contributed by atoms with Crippen molar-refractivity contribution in [1.29, 1.82) is 5.26 Å². The molecule has 3 heteroatoms. The quantitative estimate of drug-likeness (QED) is 0.824. The first-order valence-corrected chi connectivity index (χ1v) is 7.23. The van der Waals surface area contributed by atoms with E-state index in [1.165, 1.54) is 5.56 Å². The van der Waals surface area contributed by atoms with E-state index in [9.17, 15) is 10.1 Å². The van der Waals surface area contributed by atoms with Crippen molar-refractivity contribution in [3.8, 4) is 6.07 Å². The van der Waals surface area contributed by atoms with Crippen molar-refractivity contribution < 1.29 is 9.53 Å². The molecule has 20 heavy (non-hydrogen) atoms. The number of nitrogens with zero attached hydrogens (tertiary/aromatic N) is 1. The van der Waals surface area contributed by atoms with E-state index >= 15 is 0 Å². The van der Waals surface area contributed by atoms with Crippen LogP contribution in [0.5, 0.6) is 0 Å². The van der Waals surface area contributed by atoms with Crippen LogP contribution in [0.3, 0.4) is 0 Å². The fraction of sp³-hybridized carbons (Fsp3) is 0.529. The Morgan fingerprint density at radius 3 is 2.85 bits per heavy atom. The molecule has 0 saturated carbocycles. The molecular weight excluding hydrogens is 250 g/mol. The summed E-state index contributed by atoms with van der Waals surface area (Å²) < 4.78 is 5.52. The van der Waals surface area contributed by atoms with Gasteiger partial charge in [-0.1, -0.05) is 18.2 Å². The van der Waals surface area contributed by atoms with Crippen LogP contribution >= 0.6 is 0 Å². The Hall–Kier alpha value is -1.66. The first kappa shape index (κ1) is 14.7. The predicted octanol–water partition coefficient (Wildman–Crippen LogP) is 3.44. The van der Waals surface area contributed by atoms with Crippen LogP contribution in [-0.4, -0.2) is 18.5 Å². The van der Waals surface area contributed by atoms with Gasteiger partial charge in [-0.25, -0.2) is 0 Å². The lowest BCUT2D eigenvalue weighted by Gasteiger charge is -2.12. The number of nitriles is 1. The molecule has 1 heterocycles. The first-order valence-electron chi connectivity index (χ1n) is 7.23. The highest BCUT2D eigenvalue weighted by Gasteiger charge is 2.23. The van der Waals surface area contributed by atoms with Crippen LogP contribution in [0.2, 0.25) is 0 Å². The third kappa shape index (κ3) is 3.46. The molecule has 1 aliphatic rings. The van der Waals surface area contributed by atoms with Crippen molar-refractivity contribution in [3.05, 3.63) is 34.9 Å². The Morgan fingerprint density at radius 1 is 1.45 bits per heavy atom. The molecule has 1 saturated heterocycles. The highest BCUT2D eigenvalue weighted by Crippen LogP contribution is 2.23. The second-order valence-electron chi connectivity index (χ2n) is 5.55. The Labute approximate surface area is 120 Å². The summed E-state index contributed by atoms with van der Waals surface area (Å²) in [5, 5.41) is 9.30. The van der Waals surface area contributed by atoms with Gasteiger partial charge in [0.2, 0.25) is 0 Å². The van der Waals surface area contributed by atoms with Crippen LogP contribution in [-0.2, 0) is 9.53 Å². The van der Waals surface area contributed by atoms with Gasteiger partial charge in [-0.3, -0.25) is 4.79 Å². The summed E-state index contributed by atoms with van der Waals surface area (Å²) in [5.41, 5.74) is 3.11. The SMILES string of the molecule is Cc1ccc(C(C#N)C(=O)CCC2CCCO2)cc1C. The molecule has 0 N–H and O–H groups in total. The summed E-state index contributed by atoms with van der Waals surface area (Å²) in [6, 6.07) is 7.97. The molecule has 1 aromatic carbocycles. The van der Waals surface area contributed by atoms with Gasteiger partial charge in [-0.15, -0.1) is 0 Å². The van der Waals surface area contributed by atoms with Crippen molar-refractivity contribution in [2.75, 3.05) is 6.61 Å². The molecular formula is C17H21NO2. The zero-order valence-electron chi connectivity index (χ0n) is 12.2. The number of hydrogen-bond acceptors (Lipinski definition) is 3. The van der Waals surface area contributed by atoms with Gasteiger partial charge in [0.05, 0.1) is 12.2 Å². The molecule has 1 aliphatic heterocycles. The van der Waals surface area contributed by atoms with Gasteiger partial charge in [0.25, 0.3) is 0 Å². The van der Waals surface area contributed by atoms with E-state index in [0.717, 1.165) is 37.0 Å². The third-order valence-corrected chi connectivity index (χ3v) is 4.05. The average molecular weight is 271 g/mol. The van der Waals surface area contributed by atoms with Crippen LogP contribution < -0.4 is 0 Å². The summed E-state index contributed by atoms with van der Waals surface area (Å²) in [6.45, 7) is 4.83. The molecule has 0 bridgehead atoms. The van der Waals surface area contributed by atoms with Crippen molar-refractivity contribution in [2.45, 2.75) is 51.6 Å². The fourth-order valence-corrected chi connectivity index (χ4v) is 2.60. The number of ketones is 1. The second kappa shape index (κ2) is 6.67. The largest absolute Gasteiger partial charge is 0.378 e. The van der Waals surface area contributed by atoms with Gasteiger partial charge in [0.1, 0.15) is 5.92 Å². The number of ether oxygens (including phenoxy) is 1. The average Bonchev–Trinajstić information content (AvgIpc) is 2.94. The molecule has 3 nitrogen and oxygen atoms in total. The fourth-order valence-electron chi connectivity index (χ4n) is 2.60. The normalized spacial score (nSPS) is 19.6. The first-order chi connectivity index (χ1) is 9.61. The number of hydrogen-bond donors (Lipinski definition) is 0. The number of carbonyl (C=O) groups excluding carboxylic acids is 1. The molecule has 1 fully saturated rings. The van der Waals surface area contributed by atoms with E-state index in [2.05, 4.69) is 6.07 Å². The van der Waals surface area contributed by atoms with E-state index in [1.807, 2.05) is 32.0 Å². The summed E-state index contributed by atoms with van der Waals surface area (Å²) >= 11 is 0. The van der Waals surface area contributed by atoms with Crippen LogP contribution in [0.1, 0.15) is 48.3 Å². The summed E-state index contributed by atoms with van der Waals surface area (Å²) in [7, 11) is 0. The van der Waals surface area contributed by atoms with Gasteiger partial charge in [-0.2, -0.15) is 5.26 Å². The van der Waals surface area contributed by atoms with Crippen LogP contribution in [0, 0.1) is 25.2 Å². The highest BCUT2D eigenvalue weighted by molar-refractivity contribution is 5.88. The monoisotopic (exact) mass is 271 g/mol. The van der Waals surface area contributed by atoms with Gasteiger partial charge in [0.15, 0.2) is 5.78 Å². The Kier molecular flexibility index (Phi) is 4.92. The van der Waals surface area contributed by atoms with E-state index in [1.54, 1.807) is 0 Å². The maximum atomic E-state index is 12.2. The van der Waals surface area contributed by atoms with Crippen molar-refractivity contribution in [2.24, 2.45) is 0 Å². The number of Topliss-reactive ketones (excluding diaryl/α,β-unsaturated/α-hetero) is 1. The van der Waals surface area contributed by atoms with Crippen molar-refractivity contribution in [3.63, 3.8) is 0 Å². The van der Waals surface area contributed by atoms with E-state index < -0.39 is 5.92 Å². The molecule has 2 unspecified atom stereocenters. The number of rotatable bonds is 5. The smallest absolute Gasteiger partial charge is 0.154 e. The maximum Gasteiger partial charge on any atom is 0.154 e. The van der Waals surface area contributed by atoms with E-state index in [4.69, 9.17) is 4.74 Å². The van der Waals surface area contributed by atoms with Gasteiger partial charge < -0.3 is 4.74 Å². The zero-order valence-corrected chi connectivity index (χ0v) is 12.2. The topological polar surface area (TPSA) is 50.1 Å². The maximum absolute atomic E-state index is 12.2. The van der Waals surface area contributed by atoms with E-state index in [0.29, 0.717) is 6.42 Å². The van der Waals surface area contributed by atoms with Gasteiger partial charge in [0, 0.05) is 13.0 Å². The van der Waals surface area contributed by atoms with Crippen LogP contribution in [0.15, 0.2) is 18.2 Å². The lowest BCUT2D eigenvalue weighted by Crippen LogP contribution is -2.14. The zero-order chi connectivity index (χ0) is 14.5. The molecule has 0 aliphatic carbocycles. The lowest BCUT2D eigenvalue weighted by atomic mass is 9.90. The third-order valence-electron chi connectivity index (χ3n) is 4.05. The predicted molar refractivity (Wildman–Crippen MR) is 77.5 cm³/mol. The summed E-state index contributed by atoms with van der Waals surface area (Å²) in [4.78, 5) is 12.2. The number of aryl methyl sites for hydroxylation is 2. The number of carbonyl (C=O) groups is 1. The molecule has 1 aromatic rings. The Bertz CT molecular complexity index is 524. The Balaban J connectivity index is 2.01. The second-order valence-corrected chi connectivity index (χ2v) is 5.55. The Morgan fingerprint density at radius 2 is 2.25 bits per heavy atom. The minimum absolute atomic E-state index is 0.00579.